The molecule has 0 radical (unpaired) electrons. The van der Waals surface area contributed by atoms with E-state index < -0.39 is 47.9 Å². The molecule has 1 aromatic carbocycles. The molecule has 0 aliphatic rings. The van der Waals surface area contributed by atoms with Gasteiger partial charge in [0.05, 0.1) is 6.04 Å². The summed E-state index contributed by atoms with van der Waals surface area (Å²) in [6.45, 7) is 5.24. The molecule has 0 fully saturated rings. The molecule has 0 saturated heterocycles. The SMILES string of the molecule is CCC(C)C(NC(=O)C(C)NC(=O)C(N)Cc1ccc(O)cc1)C(=O)NC(CCCN=C(N)N)C(=O)O. The third-order valence-corrected chi connectivity index (χ3v) is 5.83. The number of rotatable bonds is 15. The summed E-state index contributed by atoms with van der Waals surface area (Å²) in [7, 11) is 0. The highest BCUT2D eigenvalue weighted by Gasteiger charge is 2.31. The molecule has 206 valence electrons. The Bertz CT molecular complexity index is 949. The maximum Gasteiger partial charge on any atom is 0.326 e. The van der Waals surface area contributed by atoms with Crippen LogP contribution in [0.25, 0.3) is 0 Å². The number of carboxylic acids is 1. The van der Waals surface area contributed by atoms with Gasteiger partial charge in [-0.1, -0.05) is 32.4 Å². The van der Waals surface area contributed by atoms with E-state index in [0.717, 1.165) is 5.56 Å². The van der Waals surface area contributed by atoms with Crippen molar-refractivity contribution in [3.05, 3.63) is 29.8 Å². The molecule has 5 atom stereocenters. The summed E-state index contributed by atoms with van der Waals surface area (Å²) in [5.74, 6) is -3.41. The maximum absolute atomic E-state index is 12.9. The van der Waals surface area contributed by atoms with E-state index in [-0.39, 0.29) is 37.0 Å². The van der Waals surface area contributed by atoms with E-state index in [9.17, 15) is 29.4 Å². The number of phenols is 1. The first-order chi connectivity index (χ1) is 17.3. The number of benzene rings is 1. The number of amides is 3. The van der Waals surface area contributed by atoms with Crippen LogP contribution in [0.4, 0.5) is 0 Å². The van der Waals surface area contributed by atoms with Crippen molar-refractivity contribution in [1.29, 1.82) is 0 Å². The molecule has 3 amide bonds. The zero-order chi connectivity index (χ0) is 28.1. The Morgan fingerprint density at radius 1 is 0.973 bits per heavy atom. The number of carbonyl (C=O) groups excluding carboxylic acids is 3. The van der Waals surface area contributed by atoms with Gasteiger partial charge in [-0.15, -0.1) is 0 Å². The second-order valence-electron chi connectivity index (χ2n) is 8.93. The van der Waals surface area contributed by atoms with Gasteiger partial charge in [0.15, 0.2) is 5.96 Å². The lowest BCUT2D eigenvalue weighted by molar-refractivity contribution is -0.142. The Morgan fingerprint density at radius 3 is 2.14 bits per heavy atom. The maximum atomic E-state index is 12.9. The third-order valence-electron chi connectivity index (χ3n) is 5.83. The van der Waals surface area contributed by atoms with Crippen molar-refractivity contribution in [2.24, 2.45) is 28.1 Å². The predicted octanol–water partition coefficient (Wildman–Crippen LogP) is -1.08. The molecule has 13 heteroatoms. The minimum atomic E-state index is -1.23. The monoisotopic (exact) mass is 521 g/mol. The number of phenolic OH excluding ortho intramolecular Hbond substituents is 1. The molecule has 0 heterocycles. The Hall–Kier alpha value is -3.87. The van der Waals surface area contributed by atoms with Crippen LogP contribution in [0.5, 0.6) is 5.75 Å². The van der Waals surface area contributed by atoms with E-state index >= 15 is 0 Å². The summed E-state index contributed by atoms with van der Waals surface area (Å²) in [6.07, 6.45) is 1.13. The number of hydrogen-bond acceptors (Lipinski definition) is 7. The molecule has 13 nitrogen and oxygen atoms in total. The van der Waals surface area contributed by atoms with Gasteiger partial charge in [-0.25, -0.2) is 4.79 Å². The summed E-state index contributed by atoms with van der Waals surface area (Å²) < 4.78 is 0. The number of nitrogens with two attached hydrogens (primary N) is 3. The fourth-order valence-electron chi connectivity index (χ4n) is 3.37. The molecule has 0 aliphatic carbocycles. The fourth-order valence-corrected chi connectivity index (χ4v) is 3.37. The van der Waals surface area contributed by atoms with Gasteiger partial charge in [-0.2, -0.15) is 0 Å². The van der Waals surface area contributed by atoms with Gasteiger partial charge in [0.1, 0.15) is 23.9 Å². The van der Waals surface area contributed by atoms with E-state index in [1.165, 1.54) is 19.1 Å². The second-order valence-corrected chi connectivity index (χ2v) is 8.93. The van der Waals surface area contributed by atoms with E-state index in [1.54, 1.807) is 19.1 Å². The van der Waals surface area contributed by atoms with Crippen LogP contribution in [0.15, 0.2) is 29.3 Å². The first-order valence-electron chi connectivity index (χ1n) is 12.1. The Balaban J connectivity index is 2.76. The van der Waals surface area contributed by atoms with Crippen molar-refractivity contribution in [2.45, 2.75) is 70.6 Å². The lowest BCUT2D eigenvalue weighted by atomic mass is 9.97. The summed E-state index contributed by atoms with van der Waals surface area (Å²) in [4.78, 5) is 53.6. The topological polar surface area (TPSA) is 235 Å². The van der Waals surface area contributed by atoms with Gasteiger partial charge in [0.2, 0.25) is 17.7 Å². The number of aliphatic imine (C=N–C) groups is 1. The normalized spacial score (nSPS) is 14.8. The van der Waals surface area contributed by atoms with Crippen molar-refractivity contribution >= 4 is 29.7 Å². The number of nitrogens with zero attached hydrogens (tertiary/aromatic N) is 1. The number of aromatic hydroxyl groups is 1. The standard InChI is InChI=1S/C24H39N7O6/c1-4-13(2)19(22(35)30-18(23(36)37)6-5-11-28-24(26)27)31-20(33)14(3)29-21(34)17(25)12-15-7-9-16(32)10-8-15/h7-10,13-14,17-19,32H,4-6,11-12,25H2,1-3H3,(H,29,34)(H,30,35)(H,31,33)(H,36,37)(H4,26,27,28). The Kier molecular flexibility index (Phi) is 12.9. The van der Waals surface area contributed by atoms with Crippen molar-refractivity contribution in [2.75, 3.05) is 6.54 Å². The lowest BCUT2D eigenvalue weighted by Crippen LogP contribution is -2.58. The highest BCUT2D eigenvalue weighted by atomic mass is 16.4. The van der Waals surface area contributed by atoms with Crippen LogP contribution in [0, 0.1) is 5.92 Å². The Labute approximate surface area is 216 Å². The molecule has 0 aliphatic heterocycles. The molecule has 0 bridgehead atoms. The molecule has 11 N–H and O–H groups in total. The molecule has 1 aromatic rings. The van der Waals surface area contributed by atoms with Crippen LogP contribution in [0.3, 0.4) is 0 Å². The van der Waals surface area contributed by atoms with Gasteiger partial charge in [-0.3, -0.25) is 19.4 Å². The molecule has 0 spiro atoms. The van der Waals surface area contributed by atoms with Gasteiger partial charge in [0, 0.05) is 6.54 Å². The summed E-state index contributed by atoms with van der Waals surface area (Å²) in [5, 5.41) is 26.5. The fraction of sp³-hybridized carbons (Fsp3) is 0.542. The number of nitrogens with one attached hydrogen (secondary N) is 3. The van der Waals surface area contributed by atoms with Crippen LogP contribution in [-0.4, -0.2) is 70.6 Å². The van der Waals surface area contributed by atoms with Gasteiger partial charge in [-0.05, 0) is 49.8 Å². The van der Waals surface area contributed by atoms with Gasteiger partial charge >= 0.3 is 5.97 Å². The van der Waals surface area contributed by atoms with Gasteiger partial charge < -0.3 is 43.4 Å². The quantitative estimate of drug-likeness (QED) is 0.0794. The highest BCUT2D eigenvalue weighted by molar-refractivity contribution is 5.94. The van der Waals surface area contributed by atoms with Crippen molar-refractivity contribution in [3.8, 4) is 5.75 Å². The zero-order valence-electron chi connectivity index (χ0n) is 21.4. The number of guanidine groups is 1. The summed E-state index contributed by atoms with van der Waals surface area (Å²) in [5.41, 5.74) is 17.2. The molecule has 0 aromatic heterocycles. The minimum Gasteiger partial charge on any atom is -0.508 e. The summed E-state index contributed by atoms with van der Waals surface area (Å²) in [6, 6.07) is 2.07. The third kappa shape index (κ3) is 11.2. The molecule has 37 heavy (non-hydrogen) atoms. The molecular weight excluding hydrogens is 482 g/mol. The van der Waals surface area contributed by atoms with Crippen LogP contribution in [0.2, 0.25) is 0 Å². The number of aliphatic carboxylic acids is 1. The molecule has 1 rings (SSSR count). The predicted molar refractivity (Wildman–Crippen MR) is 138 cm³/mol. The highest BCUT2D eigenvalue weighted by Crippen LogP contribution is 2.12. The number of carboxylic acid groups (broad SMARTS) is 1. The van der Waals surface area contributed by atoms with E-state index in [1.807, 2.05) is 6.92 Å². The zero-order valence-corrected chi connectivity index (χ0v) is 21.4. The second kappa shape index (κ2) is 15.3. The first-order valence-corrected chi connectivity index (χ1v) is 12.1. The van der Waals surface area contributed by atoms with E-state index in [4.69, 9.17) is 17.2 Å². The largest absolute Gasteiger partial charge is 0.508 e. The van der Waals surface area contributed by atoms with Gasteiger partial charge in [0.25, 0.3) is 0 Å². The number of carbonyl (C=O) groups is 4. The average molecular weight is 522 g/mol. The molecular formula is C24H39N7O6. The first kappa shape index (κ1) is 31.2. The van der Waals surface area contributed by atoms with Crippen LogP contribution < -0.4 is 33.2 Å². The molecule has 0 saturated carbocycles. The summed E-state index contributed by atoms with van der Waals surface area (Å²) >= 11 is 0. The van der Waals surface area contributed by atoms with Crippen molar-refractivity contribution in [3.63, 3.8) is 0 Å². The van der Waals surface area contributed by atoms with Crippen molar-refractivity contribution < 1.29 is 29.4 Å². The lowest BCUT2D eigenvalue weighted by Gasteiger charge is -2.27. The van der Waals surface area contributed by atoms with Crippen LogP contribution in [-0.2, 0) is 25.6 Å². The van der Waals surface area contributed by atoms with Crippen LogP contribution in [0.1, 0.15) is 45.6 Å². The molecule has 5 unspecified atom stereocenters. The smallest absolute Gasteiger partial charge is 0.326 e. The minimum absolute atomic E-state index is 0.0877. The number of hydrogen-bond donors (Lipinski definition) is 8. The van der Waals surface area contributed by atoms with E-state index in [2.05, 4.69) is 20.9 Å². The van der Waals surface area contributed by atoms with Crippen LogP contribution >= 0.6 is 0 Å². The average Bonchev–Trinajstić information content (AvgIpc) is 2.84. The van der Waals surface area contributed by atoms with Crippen molar-refractivity contribution in [1.82, 2.24) is 16.0 Å². The Morgan fingerprint density at radius 2 is 1.59 bits per heavy atom. The van der Waals surface area contributed by atoms with E-state index in [0.29, 0.717) is 12.8 Å².